The number of benzene rings is 3. The highest BCUT2D eigenvalue weighted by Gasteiger charge is 2.29. The summed E-state index contributed by atoms with van der Waals surface area (Å²) in [6, 6.07) is 19.8. The van der Waals surface area contributed by atoms with Gasteiger partial charge in [-0.05, 0) is 35.2 Å². The van der Waals surface area contributed by atoms with Gasteiger partial charge in [0, 0.05) is 11.3 Å². The van der Waals surface area contributed by atoms with Crippen LogP contribution in [-0.2, 0) is 4.74 Å². The van der Waals surface area contributed by atoms with Crippen LogP contribution in [0.2, 0.25) is 5.02 Å². The minimum Gasteiger partial charge on any atom is -0.449 e. The third-order valence-corrected chi connectivity index (χ3v) is 6.39. The van der Waals surface area contributed by atoms with Gasteiger partial charge in [0.15, 0.2) is 5.82 Å². The van der Waals surface area contributed by atoms with Crippen LogP contribution in [0, 0.1) is 5.82 Å². The molecule has 1 amide bonds. The predicted octanol–water partition coefficient (Wildman–Crippen LogP) is 5.92. The summed E-state index contributed by atoms with van der Waals surface area (Å²) < 4.78 is 20.6. The van der Waals surface area contributed by atoms with E-state index in [0.717, 1.165) is 22.3 Å². The van der Waals surface area contributed by atoms with Crippen molar-refractivity contribution in [3.8, 4) is 11.1 Å². The van der Waals surface area contributed by atoms with Gasteiger partial charge >= 0.3 is 6.09 Å². The minimum atomic E-state index is -0.822. The van der Waals surface area contributed by atoms with Gasteiger partial charge < -0.3 is 15.0 Å². The van der Waals surface area contributed by atoms with E-state index in [0.29, 0.717) is 0 Å². The second-order valence-corrected chi connectivity index (χ2v) is 8.44. The topological polar surface area (TPSA) is 71.2 Å². The zero-order valence-electron chi connectivity index (χ0n) is 17.7. The summed E-state index contributed by atoms with van der Waals surface area (Å²) in [4.78, 5) is 27.5. The second-order valence-electron chi connectivity index (χ2n) is 8.04. The van der Waals surface area contributed by atoms with E-state index < -0.39 is 23.5 Å². The van der Waals surface area contributed by atoms with Gasteiger partial charge in [0.2, 0.25) is 0 Å². The summed E-state index contributed by atoms with van der Waals surface area (Å²) in [6.07, 6.45) is -0.698. The van der Waals surface area contributed by atoms with Crippen LogP contribution < -0.4 is 10.9 Å². The van der Waals surface area contributed by atoms with Gasteiger partial charge in [-0.2, -0.15) is 0 Å². The van der Waals surface area contributed by atoms with Crippen LogP contribution in [0.25, 0.3) is 21.9 Å². The molecule has 0 unspecified atom stereocenters. The van der Waals surface area contributed by atoms with E-state index in [-0.39, 0.29) is 34.0 Å². The van der Waals surface area contributed by atoms with E-state index in [1.807, 2.05) is 36.4 Å². The number of aromatic amines is 1. The van der Waals surface area contributed by atoms with Gasteiger partial charge in [0.05, 0.1) is 22.1 Å². The van der Waals surface area contributed by atoms with E-state index >= 15 is 4.39 Å². The zero-order chi connectivity index (χ0) is 23.1. The molecule has 1 aliphatic carbocycles. The number of alkyl carbamates (subject to hydrolysis) is 1. The average molecular weight is 463 g/mol. The molecule has 5 nitrogen and oxygen atoms in total. The lowest BCUT2D eigenvalue weighted by Gasteiger charge is -2.18. The summed E-state index contributed by atoms with van der Waals surface area (Å²) in [6.45, 7) is 1.71. The van der Waals surface area contributed by atoms with Crippen molar-refractivity contribution in [2.24, 2.45) is 0 Å². The molecule has 0 spiro atoms. The van der Waals surface area contributed by atoms with Gasteiger partial charge in [-0.15, -0.1) is 0 Å². The summed E-state index contributed by atoms with van der Waals surface area (Å²) in [5.41, 5.74) is 3.90. The molecular weight excluding hydrogens is 443 g/mol. The van der Waals surface area contributed by atoms with Crippen LogP contribution in [0.1, 0.15) is 35.7 Å². The number of fused-ring (bicyclic) bond motifs is 4. The third-order valence-electron chi connectivity index (χ3n) is 6.07. The van der Waals surface area contributed by atoms with Gasteiger partial charge in [0.25, 0.3) is 5.56 Å². The number of amides is 1. The number of ether oxygens (including phenoxy) is 1. The van der Waals surface area contributed by atoms with E-state index in [1.165, 1.54) is 12.1 Å². The summed E-state index contributed by atoms with van der Waals surface area (Å²) in [5.74, 6) is -0.726. The number of hydrogen-bond donors (Lipinski definition) is 2. The molecule has 0 bridgehead atoms. The molecule has 4 aromatic rings. The smallest absolute Gasteiger partial charge is 0.407 e. The number of rotatable bonds is 4. The molecule has 33 heavy (non-hydrogen) atoms. The molecule has 3 aromatic carbocycles. The van der Waals surface area contributed by atoms with Crippen LogP contribution in [-0.4, -0.2) is 17.7 Å². The Morgan fingerprint density at radius 1 is 1.06 bits per heavy atom. The fraction of sp³-hybridized carbons (Fsp3) is 0.154. The fourth-order valence-electron chi connectivity index (χ4n) is 4.51. The lowest BCUT2D eigenvalue weighted by atomic mass is 9.98. The highest BCUT2D eigenvalue weighted by Crippen LogP contribution is 2.44. The predicted molar refractivity (Wildman–Crippen MR) is 126 cm³/mol. The molecule has 5 rings (SSSR count). The number of H-pyrrole nitrogens is 1. The Kier molecular flexibility index (Phi) is 5.38. The molecular formula is C26H20ClFN2O3. The van der Waals surface area contributed by atoms with Gasteiger partial charge in [-0.1, -0.05) is 72.3 Å². The van der Waals surface area contributed by atoms with Crippen molar-refractivity contribution in [1.82, 2.24) is 10.3 Å². The van der Waals surface area contributed by atoms with E-state index in [1.54, 1.807) is 13.0 Å². The number of halogens is 2. The molecule has 2 N–H and O–H groups in total. The maximum atomic E-state index is 15.1. The highest BCUT2D eigenvalue weighted by atomic mass is 35.5. The monoisotopic (exact) mass is 462 g/mol. The van der Waals surface area contributed by atoms with Crippen molar-refractivity contribution >= 4 is 28.5 Å². The first-order chi connectivity index (χ1) is 16.0. The maximum Gasteiger partial charge on any atom is 0.407 e. The largest absolute Gasteiger partial charge is 0.449 e. The van der Waals surface area contributed by atoms with E-state index in [9.17, 15) is 9.59 Å². The molecule has 0 aliphatic heterocycles. The third kappa shape index (κ3) is 3.66. The van der Waals surface area contributed by atoms with Crippen molar-refractivity contribution < 1.29 is 13.9 Å². The standard InChI is InChI=1S/C26H20ClFN2O3/c1-14(24-23(28)19-11-6-12-21(27)22(19)25(31)30-24)29-26(32)33-13-20-17-9-4-2-7-15(17)16-8-3-5-10-18(16)20/h2-12,14,20H,13H2,1H3,(H,29,32)(H,30,31)/t14-/m0/s1. The van der Waals surface area contributed by atoms with E-state index in [2.05, 4.69) is 22.4 Å². The quantitative estimate of drug-likeness (QED) is 0.395. The van der Waals surface area contributed by atoms with Crippen molar-refractivity contribution in [3.63, 3.8) is 0 Å². The Morgan fingerprint density at radius 3 is 2.36 bits per heavy atom. The van der Waals surface area contributed by atoms with Crippen molar-refractivity contribution in [3.05, 3.63) is 105 Å². The van der Waals surface area contributed by atoms with Gasteiger partial charge in [-0.3, -0.25) is 4.79 Å². The molecule has 1 aromatic heterocycles. The van der Waals surface area contributed by atoms with Gasteiger partial charge in [0.1, 0.15) is 6.61 Å². The SMILES string of the molecule is C[C@H](NC(=O)OCC1c2ccccc2-c2ccccc21)c1[nH]c(=O)c2c(Cl)cccc2c1F. The minimum absolute atomic E-state index is 0.0386. The number of nitrogens with one attached hydrogen (secondary N) is 2. The van der Waals surface area contributed by atoms with Crippen LogP contribution >= 0.6 is 11.6 Å². The van der Waals surface area contributed by atoms with Crippen LogP contribution in [0.3, 0.4) is 0 Å². The molecule has 1 heterocycles. The molecule has 166 valence electrons. The Hall–Kier alpha value is -3.64. The molecule has 0 saturated carbocycles. The Balaban J connectivity index is 1.34. The normalized spacial score (nSPS) is 13.4. The first kappa shape index (κ1) is 21.2. The second kappa shape index (κ2) is 8.37. The zero-order valence-corrected chi connectivity index (χ0v) is 18.4. The molecule has 0 saturated heterocycles. The van der Waals surface area contributed by atoms with Crippen molar-refractivity contribution in [2.75, 3.05) is 6.61 Å². The summed E-state index contributed by atoms with van der Waals surface area (Å²) in [5, 5.41) is 2.95. The van der Waals surface area contributed by atoms with Crippen LogP contribution in [0.15, 0.2) is 71.5 Å². The van der Waals surface area contributed by atoms with Crippen molar-refractivity contribution in [1.29, 1.82) is 0 Å². The molecule has 0 fully saturated rings. The summed E-state index contributed by atoms with van der Waals surface area (Å²) >= 11 is 6.05. The molecule has 1 atom stereocenters. The number of carbonyl (C=O) groups excluding carboxylic acids is 1. The Labute approximate surface area is 194 Å². The Bertz CT molecular complexity index is 1400. The number of hydrogen-bond acceptors (Lipinski definition) is 3. The Morgan fingerprint density at radius 2 is 1.70 bits per heavy atom. The first-order valence-corrected chi connectivity index (χ1v) is 10.9. The maximum absolute atomic E-state index is 15.1. The first-order valence-electron chi connectivity index (χ1n) is 10.6. The number of pyridine rings is 1. The van der Waals surface area contributed by atoms with Crippen LogP contribution in [0.4, 0.5) is 9.18 Å². The lowest BCUT2D eigenvalue weighted by Crippen LogP contribution is -2.31. The summed E-state index contributed by atoms with van der Waals surface area (Å²) in [7, 11) is 0. The molecule has 0 radical (unpaired) electrons. The van der Waals surface area contributed by atoms with Crippen LogP contribution in [0.5, 0.6) is 0 Å². The number of carbonyl (C=O) groups is 1. The lowest BCUT2D eigenvalue weighted by molar-refractivity contribution is 0.139. The van der Waals surface area contributed by atoms with Crippen molar-refractivity contribution in [2.45, 2.75) is 18.9 Å². The number of aromatic nitrogens is 1. The fourth-order valence-corrected chi connectivity index (χ4v) is 4.77. The molecule has 7 heteroatoms. The van der Waals surface area contributed by atoms with E-state index in [4.69, 9.17) is 16.3 Å². The molecule has 1 aliphatic rings. The highest BCUT2D eigenvalue weighted by molar-refractivity contribution is 6.35. The van der Waals surface area contributed by atoms with Gasteiger partial charge in [-0.25, -0.2) is 9.18 Å². The average Bonchev–Trinajstić information content (AvgIpc) is 3.13.